The Morgan fingerprint density at radius 1 is 1.47 bits per heavy atom. The normalized spacial score (nSPS) is 12.1. The second-order valence-corrected chi connectivity index (χ2v) is 5.16. The number of rotatable bonds is 2. The first-order chi connectivity index (χ1) is 6.73. The number of primary sulfonamides is 1. The van der Waals surface area contributed by atoms with Crippen LogP contribution in [0.4, 0.5) is 13.2 Å². The molecule has 0 atom stereocenters. The number of alkyl halides is 2. The van der Waals surface area contributed by atoms with Gasteiger partial charge in [0.2, 0.25) is 16.0 Å². The average Bonchev–Trinajstić information content (AvgIpc) is 1.99. The van der Waals surface area contributed by atoms with Gasteiger partial charge < -0.3 is 0 Å². The largest absolute Gasteiger partial charge is 0.280 e. The number of pyridine rings is 1. The van der Waals surface area contributed by atoms with Crippen molar-refractivity contribution in [2.24, 2.45) is 5.14 Å². The second kappa shape index (κ2) is 4.22. The summed E-state index contributed by atoms with van der Waals surface area (Å²) in [5, 5.41) is 4.68. The smallest absolute Gasteiger partial charge is 0.224 e. The van der Waals surface area contributed by atoms with Crippen molar-refractivity contribution >= 4 is 32.6 Å². The Balaban J connectivity index is 3.48. The predicted octanol–water partition coefficient (Wildman–Crippen LogP) is 1.41. The molecule has 0 unspecified atom stereocenters. The van der Waals surface area contributed by atoms with Gasteiger partial charge in [-0.3, -0.25) is 0 Å². The molecule has 0 aliphatic carbocycles. The van der Waals surface area contributed by atoms with Crippen molar-refractivity contribution in [2.75, 3.05) is 0 Å². The van der Waals surface area contributed by atoms with Crippen LogP contribution in [0.25, 0.3) is 0 Å². The molecule has 0 saturated heterocycles. The third-order valence-electron chi connectivity index (χ3n) is 1.41. The van der Waals surface area contributed by atoms with E-state index >= 15 is 0 Å². The van der Waals surface area contributed by atoms with Crippen molar-refractivity contribution in [3.63, 3.8) is 0 Å². The molecule has 0 aliphatic heterocycles. The van der Waals surface area contributed by atoms with E-state index in [1.165, 1.54) is 22.6 Å². The number of aromatic nitrogens is 1. The third-order valence-corrected chi connectivity index (χ3v) is 3.59. The highest BCUT2D eigenvalue weighted by Gasteiger charge is 2.23. The summed E-state index contributed by atoms with van der Waals surface area (Å²) in [6.45, 7) is 0. The molecule has 2 N–H and O–H groups in total. The molecule has 1 heterocycles. The van der Waals surface area contributed by atoms with Gasteiger partial charge in [0.05, 0.1) is 0 Å². The fraction of sp³-hybridized carbons (Fsp3) is 0.167. The summed E-state index contributed by atoms with van der Waals surface area (Å²) in [4.78, 5) is 1.95. The van der Waals surface area contributed by atoms with Gasteiger partial charge in [0.15, 0.2) is 4.90 Å². The van der Waals surface area contributed by atoms with Crippen molar-refractivity contribution in [1.29, 1.82) is 0 Å². The number of halogens is 4. The van der Waals surface area contributed by atoms with Gasteiger partial charge in [-0.2, -0.15) is 4.39 Å². The first-order valence-corrected chi connectivity index (χ1v) is 6.03. The Labute approximate surface area is 96.9 Å². The lowest BCUT2D eigenvalue weighted by atomic mass is 10.3. The number of nitrogens with two attached hydrogens (primary N) is 1. The minimum absolute atomic E-state index is 0.224. The molecule has 84 valence electrons. The van der Waals surface area contributed by atoms with Crippen LogP contribution in [0.15, 0.2) is 11.0 Å². The SMILES string of the molecule is NS(=O)(=O)c1c(I)cc(C(F)F)nc1F. The molecule has 9 heteroatoms. The molecule has 0 aliphatic rings. The van der Waals surface area contributed by atoms with Crippen molar-refractivity contribution < 1.29 is 21.6 Å². The lowest BCUT2D eigenvalue weighted by Gasteiger charge is -2.05. The van der Waals surface area contributed by atoms with E-state index in [-0.39, 0.29) is 3.57 Å². The first-order valence-electron chi connectivity index (χ1n) is 3.40. The second-order valence-electron chi connectivity index (χ2n) is 2.49. The van der Waals surface area contributed by atoms with Crippen LogP contribution in [0.3, 0.4) is 0 Å². The zero-order valence-corrected chi connectivity index (χ0v) is 9.89. The predicted molar refractivity (Wildman–Crippen MR) is 53.2 cm³/mol. The van der Waals surface area contributed by atoms with Crippen LogP contribution in [0.1, 0.15) is 12.1 Å². The summed E-state index contributed by atoms with van der Waals surface area (Å²) >= 11 is 1.40. The Hall–Kier alpha value is -0.420. The Kier molecular flexibility index (Phi) is 3.55. The standard InChI is InChI=1S/C6H4F3IN2O2S/c7-5(8)3-1-2(10)4(6(9)12-3)15(11,13)14/h1,5H,(H2,11,13,14). The van der Waals surface area contributed by atoms with Gasteiger partial charge in [0.25, 0.3) is 6.43 Å². The molecule has 0 fully saturated rings. The van der Waals surface area contributed by atoms with Gasteiger partial charge >= 0.3 is 0 Å². The fourth-order valence-electron chi connectivity index (χ4n) is 0.855. The van der Waals surface area contributed by atoms with Gasteiger partial charge in [-0.1, -0.05) is 0 Å². The molecule has 0 aromatic carbocycles. The molecule has 1 rings (SSSR count). The fourth-order valence-corrected chi connectivity index (χ4v) is 2.93. The Morgan fingerprint density at radius 3 is 2.33 bits per heavy atom. The van der Waals surface area contributed by atoms with Crippen LogP contribution in [0, 0.1) is 9.52 Å². The lowest BCUT2D eigenvalue weighted by Crippen LogP contribution is -2.17. The van der Waals surface area contributed by atoms with E-state index in [0.717, 1.165) is 6.07 Å². The van der Waals surface area contributed by atoms with Crippen LogP contribution >= 0.6 is 22.6 Å². The molecule has 1 aromatic heterocycles. The van der Waals surface area contributed by atoms with Gasteiger partial charge in [-0.05, 0) is 28.7 Å². The van der Waals surface area contributed by atoms with Gasteiger partial charge in [0.1, 0.15) is 5.69 Å². The van der Waals surface area contributed by atoms with Crippen molar-refractivity contribution in [3.05, 3.63) is 21.3 Å². The van der Waals surface area contributed by atoms with Crippen molar-refractivity contribution in [1.82, 2.24) is 4.98 Å². The Morgan fingerprint density at radius 2 is 2.00 bits per heavy atom. The van der Waals surface area contributed by atoms with E-state index in [4.69, 9.17) is 0 Å². The van der Waals surface area contributed by atoms with E-state index in [0.29, 0.717) is 0 Å². The van der Waals surface area contributed by atoms with Crippen LogP contribution in [-0.4, -0.2) is 13.4 Å². The van der Waals surface area contributed by atoms with Gasteiger partial charge in [-0.25, -0.2) is 27.3 Å². The molecular weight excluding hydrogens is 348 g/mol. The maximum Gasteiger partial charge on any atom is 0.280 e. The van der Waals surface area contributed by atoms with Crippen LogP contribution in [0.2, 0.25) is 0 Å². The van der Waals surface area contributed by atoms with Crippen molar-refractivity contribution in [2.45, 2.75) is 11.3 Å². The maximum absolute atomic E-state index is 13.1. The van der Waals surface area contributed by atoms with Gasteiger partial charge in [0, 0.05) is 3.57 Å². The molecule has 15 heavy (non-hydrogen) atoms. The van der Waals surface area contributed by atoms with E-state index in [2.05, 4.69) is 10.1 Å². The highest BCUT2D eigenvalue weighted by molar-refractivity contribution is 14.1. The van der Waals surface area contributed by atoms with E-state index in [9.17, 15) is 21.6 Å². The van der Waals surface area contributed by atoms with Crippen LogP contribution in [-0.2, 0) is 10.0 Å². The molecule has 0 radical (unpaired) electrons. The number of hydrogen-bond donors (Lipinski definition) is 1. The zero-order valence-electron chi connectivity index (χ0n) is 6.92. The zero-order chi connectivity index (χ0) is 11.8. The van der Waals surface area contributed by atoms with E-state index < -0.39 is 33.0 Å². The lowest BCUT2D eigenvalue weighted by molar-refractivity contribution is 0.144. The molecule has 0 saturated carbocycles. The summed E-state index contributed by atoms with van der Waals surface area (Å²) in [5.41, 5.74) is -0.829. The topological polar surface area (TPSA) is 73.1 Å². The van der Waals surface area contributed by atoms with Crippen molar-refractivity contribution in [3.8, 4) is 0 Å². The van der Waals surface area contributed by atoms with Crippen LogP contribution < -0.4 is 5.14 Å². The van der Waals surface area contributed by atoms with Gasteiger partial charge in [-0.15, -0.1) is 0 Å². The maximum atomic E-state index is 13.1. The minimum atomic E-state index is -4.30. The van der Waals surface area contributed by atoms with Crippen LogP contribution in [0.5, 0.6) is 0 Å². The first kappa shape index (κ1) is 12.6. The quantitative estimate of drug-likeness (QED) is 0.646. The summed E-state index contributed by atoms with van der Waals surface area (Å²) < 4.78 is 58.8. The molecule has 0 spiro atoms. The highest BCUT2D eigenvalue weighted by Crippen LogP contribution is 2.24. The summed E-state index contributed by atoms with van der Waals surface area (Å²) in [6.07, 6.45) is -2.97. The van der Waals surface area contributed by atoms with E-state index in [1.54, 1.807) is 0 Å². The minimum Gasteiger partial charge on any atom is -0.224 e. The monoisotopic (exact) mass is 352 g/mol. The molecule has 4 nitrogen and oxygen atoms in total. The number of hydrogen-bond acceptors (Lipinski definition) is 3. The number of sulfonamides is 1. The third kappa shape index (κ3) is 2.78. The van der Waals surface area contributed by atoms with E-state index in [1.807, 2.05) is 0 Å². The highest BCUT2D eigenvalue weighted by atomic mass is 127. The molecule has 0 bridgehead atoms. The number of nitrogens with zero attached hydrogens (tertiary/aromatic N) is 1. The average molecular weight is 352 g/mol. The molecule has 0 amide bonds. The Bertz CT molecular complexity index is 468. The molecule has 1 aromatic rings. The molecular formula is C6H4F3IN2O2S. The summed E-state index contributed by atoms with van der Waals surface area (Å²) in [6, 6.07) is 0.772. The summed E-state index contributed by atoms with van der Waals surface area (Å²) in [7, 11) is -4.30. The summed E-state index contributed by atoms with van der Waals surface area (Å²) in [5.74, 6) is -1.51.